The van der Waals surface area contributed by atoms with Crippen LogP contribution in [-0.4, -0.2) is 31.4 Å². The smallest absolute Gasteiger partial charge is 0.337 e. The third-order valence-electron chi connectivity index (χ3n) is 4.38. The van der Waals surface area contributed by atoms with Gasteiger partial charge in [0.15, 0.2) is 0 Å². The Hall–Kier alpha value is -3.15. The quantitative estimate of drug-likeness (QED) is 0.859. The number of esters is 1. The van der Waals surface area contributed by atoms with Crippen LogP contribution in [0.4, 0.5) is 11.4 Å². The summed E-state index contributed by atoms with van der Waals surface area (Å²) in [5.41, 5.74) is 2.86. The minimum absolute atomic E-state index is 0.0585. The molecule has 0 spiro atoms. The Bertz CT molecular complexity index is 845. The van der Waals surface area contributed by atoms with Gasteiger partial charge in [-0.1, -0.05) is 12.1 Å². The van der Waals surface area contributed by atoms with Gasteiger partial charge in [-0.3, -0.25) is 9.59 Å². The maximum absolute atomic E-state index is 12.5. The summed E-state index contributed by atoms with van der Waals surface area (Å²) in [6.45, 7) is 2.32. The van der Waals surface area contributed by atoms with Crippen LogP contribution in [0, 0.1) is 12.8 Å². The highest BCUT2D eigenvalue weighted by atomic mass is 16.5. The molecule has 1 saturated heterocycles. The van der Waals surface area contributed by atoms with Gasteiger partial charge in [-0.05, 0) is 48.9 Å². The highest BCUT2D eigenvalue weighted by molar-refractivity contribution is 6.03. The zero-order valence-corrected chi connectivity index (χ0v) is 14.7. The molecule has 0 radical (unpaired) electrons. The molecule has 134 valence electrons. The second-order valence-electron chi connectivity index (χ2n) is 6.30. The van der Waals surface area contributed by atoms with Gasteiger partial charge in [0.05, 0.1) is 18.6 Å². The van der Waals surface area contributed by atoms with E-state index in [9.17, 15) is 14.4 Å². The summed E-state index contributed by atoms with van der Waals surface area (Å²) in [7, 11) is 1.31. The Balaban J connectivity index is 1.65. The summed E-state index contributed by atoms with van der Waals surface area (Å²) in [6, 6.07) is 14.1. The molecule has 0 bridgehead atoms. The number of nitrogens with zero attached hydrogens (tertiary/aromatic N) is 1. The lowest BCUT2D eigenvalue weighted by Gasteiger charge is -2.17. The fourth-order valence-electron chi connectivity index (χ4n) is 2.98. The molecule has 0 aliphatic carbocycles. The number of amides is 2. The van der Waals surface area contributed by atoms with Gasteiger partial charge in [-0.2, -0.15) is 0 Å². The molecular weight excluding hydrogens is 332 g/mol. The topological polar surface area (TPSA) is 75.7 Å². The number of rotatable bonds is 4. The molecule has 1 atom stereocenters. The van der Waals surface area contributed by atoms with Crippen LogP contribution in [-0.2, 0) is 14.3 Å². The van der Waals surface area contributed by atoms with Crippen LogP contribution in [0.25, 0.3) is 0 Å². The third kappa shape index (κ3) is 3.74. The molecule has 1 aliphatic rings. The summed E-state index contributed by atoms with van der Waals surface area (Å²) in [5.74, 6) is -1.11. The summed E-state index contributed by atoms with van der Waals surface area (Å²) in [4.78, 5) is 37.9. The van der Waals surface area contributed by atoms with Gasteiger partial charge in [0, 0.05) is 24.3 Å². The zero-order valence-electron chi connectivity index (χ0n) is 14.7. The first-order chi connectivity index (χ1) is 12.5. The van der Waals surface area contributed by atoms with Crippen molar-refractivity contribution < 1.29 is 19.1 Å². The predicted molar refractivity (Wildman–Crippen MR) is 98.1 cm³/mol. The number of benzene rings is 2. The third-order valence-corrected chi connectivity index (χ3v) is 4.38. The van der Waals surface area contributed by atoms with E-state index in [-0.39, 0.29) is 18.2 Å². The van der Waals surface area contributed by atoms with Crippen LogP contribution >= 0.6 is 0 Å². The number of hydrogen-bond donors (Lipinski definition) is 1. The van der Waals surface area contributed by atoms with Crippen molar-refractivity contribution >= 4 is 29.2 Å². The SMILES string of the molecule is COC(=O)c1ccc(NC(=O)C2CC(=O)N(c3cccc(C)c3)C2)cc1. The molecule has 6 heteroatoms. The zero-order chi connectivity index (χ0) is 18.7. The highest BCUT2D eigenvalue weighted by Crippen LogP contribution is 2.26. The van der Waals surface area contributed by atoms with Crippen LogP contribution in [0.15, 0.2) is 48.5 Å². The molecule has 3 rings (SSSR count). The molecular formula is C20H20N2O4. The molecule has 1 unspecified atom stereocenters. The Kier molecular flexibility index (Phi) is 5.02. The molecule has 2 aromatic carbocycles. The summed E-state index contributed by atoms with van der Waals surface area (Å²) >= 11 is 0. The number of aryl methyl sites for hydroxylation is 1. The number of carbonyl (C=O) groups excluding carboxylic acids is 3. The van der Waals surface area contributed by atoms with Gasteiger partial charge in [-0.25, -0.2) is 4.79 Å². The Morgan fingerprint density at radius 2 is 1.88 bits per heavy atom. The molecule has 26 heavy (non-hydrogen) atoms. The molecule has 6 nitrogen and oxygen atoms in total. The van der Waals surface area contributed by atoms with E-state index in [0.29, 0.717) is 17.8 Å². The Labute approximate surface area is 151 Å². The van der Waals surface area contributed by atoms with Crippen molar-refractivity contribution in [3.63, 3.8) is 0 Å². The van der Waals surface area contributed by atoms with Crippen molar-refractivity contribution in [2.45, 2.75) is 13.3 Å². The molecule has 1 aliphatic heterocycles. The van der Waals surface area contributed by atoms with E-state index in [1.807, 2.05) is 31.2 Å². The van der Waals surface area contributed by atoms with Crippen LogP contribution < -0.4 is 10.2 Å². The van der Waals surface area contributed by atoms with Crippen molar-refractivity contribution in [3.8, 4) is 0 Å². The largest absolute Gasteiger partial charge is 0.465 e. The number of carbonyl (C=O) groups is 3. The lowest BCUT2D eigenvalue weighted by molar-refractivity contribution is -0.122. The second kappa shape index (κ2) is 7.39. The van der Waals surface area contributed by atoms with Gasteiger partial charge in [0.25, 0.3) is 0 Å². The summed E-state index contributed by atoms with van der Waals surface area (Å²) < 4.78 is 4.64. The molecule has 1 N–H and O–H groups in total. The van der Waals surface area contributed by atoms with E-state index in [1.165, 1.54) is 7.11 Å². The standard InChI is InChI=1S/C20H20N2O4/c1-13-4-3-5-17(10-13)22-12-15(11-18(22)23)19(24)21-16-8-6-14(7-9-16)20(25)26-2/h3-10,15H,11-12H2,1-2H3,(H,21,24). The van der Waals surface area contributed by atoms with Crippen LogP contribution in [0.3, 0.4) is 0 Å². The van der Waals surface area contributed by atoms with Gasteiger partial charge in [-0.15, -0.1) is 0 Å². The number of nitrogens with one attached hydrogen (secondary N) is 1. The fraction of sp³-hybridized carbons (Fsp3) is 0.250. The fourth-order valence-corrected chi connectivity index (χ4v) is 2.98. The number of methoxy groups -OCH3 is 1. The van der Waals surface area contributed by atoms with E-state index in [2.05, 4.69) is 10.1 Å². The van der Waals surface area contributed by atoms with Crippen molar-refractivity contribution in [2.24, 2.45) is 5.92 Å². The van der Waals surface area contributed by atoms with Crippen LogP contribution in [0.1, 0.15) is 22.3 Å². The molecule has 0 aromatic heterocycles. The second-order valence-corrected chi connectivity index (χ2v) is 6.30. The van der Waals surface area contributed by atoms with Gasteiger partial charge in [0.2, 0.25) is 11.8 Å². The lowest BCUT2D eigenvalue weighted by atomic mass is 10.1. The normalized spacial score (nSPS) is 16.5. The van der Waals surface area contributed by atoms with Crippen molar-refractivity contribution in [1.82, 2.24) is 0 Å². The van der Waals surface area contributed by atoms with E-state index < -0.39 is 11.9 Å². The van der Waals surface area contributed by atoms with Crippen molar-refractivity contribution in [1.29, 1.82) is 0 Å². The van der Waals surface area contributed by atoms with E-state index >= 15 is 0 Å². The first-order valence-corrected chi connectivity index (χ1v) is 8.34. The van der Waals surface area contributed by atoms with Gasteiger partial charge >= 0.3 is 5.97 Å². The maximum Gasteiger partial charge on any atom is 0.337 e. The number of ether oxygens (including phenoxy) is 1. The minimum Gasteiger partial charge on any atom is -0.465 e. The van der Waals surface area contributed by atoms with E-state index in [0.717, 1.165) is 11.3 Å². The minimum atomic E-state index is -0.432. The average Bonchev–Trinajstić information content (AvgIpc) is 3.03. The van der Waals surface area contributed by atoms with Crippen LogP contribution in [0.2, 0.25) is 0 Å². The first-order valence-electron chi connectivity index (χ1n) is 8.34. The molecule has 1 heterocycles. The van der Waals surface area contributed by atoms with Gasteiger partial charge < -0.3 is 15.0 Å². The lowest BCUT2D eigenvalue weighted by Crippen LogP contribution is -2.28. The summed E-state index contributed by atoms with van der Waals surface area (Å²) in [5, 5.41) is 2.80. The van der Waals surface area contributed by atoms with Crippen LogP contribution in [0.5, 0.6) is 0 Å². The van der Waals surface area contributed by atoms with Crippen molar-refractivity contribution in [3.05, 3.63) is 59.7 Å². The van der Waals surface area contributed by atoms with E-state index in [1.54, 1.807) is 29.2 Å². The first kappa shape index (κ1) is 17.7. The maximum atomic E-state index is 12.5. The summed E-state index contributed by atoms with van der Waals surface area (Å²) in [6.07, 6.45) is 0.181. The number of anilines is 2. The average molecular weight is 352 g/mol. The van der Waals surface area contributed by atoms with Gasteiger partial charge in [0.1, 0.15) is 0 Å². The molecule has 2 aromatic rings. The molecule has 0 saturated carbocycles. The monoisotopic (exact) mass is 352 g/mol. The highest BCUT2D eigenvalue weighted by Gasteiger charge is 2.35. The predicted octanol–water partition coefficient (Wildman–Crippen LogP) is 2.77. The Morgan fingerprint density at radius 1 is 1.15 bits per heavy atom. The van der Waals surface area contributed by atoms with E-state index in [4.69, 9.17) is 0 Å². The number of hydrogen-bond acceptors (Lipinski definition) is 4. The molecule has 2 amide bonds. The Morgan fingerprint density at radius 3 is 2.54 bits per heavy atom. The molecule has 1 fully saturated rings. The van der Waals surface area contributed by atoms with Crippen molar-refractivity contribution in [2.75, 3.05) is 23.9 Å².